The van der Waals surface area contributed by atoms with Crippen LogP contribution in [-0.4, -0.2) is 15.7 Å². The van der Waals surface area contributed by atoms with Gasteiger partial charge in [0.15, 0.2) is 0 Å². The lowest BCUT2D eigenvalue weighted by atomic mass is 10.3. The highest BCUT2D eigenvalue weighted by molar-refractivity contribution is 7.98. The number of nitrogens with zero attached hydrogens (tertiary/aromatic N) is 2. The smallest absolute Gasteiger partial charge is 0.140 e. The molecule has 0 atom stereocenters. The third kappa shape index (κ3) is 3.22. The molecule has 72 valence electrons. The predicted molar refractivity (Wildman–Crippen MR) is 57.7 cm³/mol. The van der Waals surface area contributed by atoms with E-state index in [1.54, 1.807) is 0 Å². The molecule has 0 bridgehead atoms. The van der Waals surface area contributed by atoms with Crippen molar-refractivity contribution < 1.29 is 0 Å². The molecule has 1 rings (SSSR count). The lowest BCUT2D eigenvalue weighted by molar-refractivity contribution is 0.946. The molecule has 0 unspecified atom stereocenters. The van der Waals surface area contributed by atoms with Gasteiger partial charge in [0.2, 0.25) is 0 Å². The Kier molecular flexibility index (Phi) is 4.02. The molecule has 0 saturated heterocycles. The van der Waals surface area contributed by atoms with Crippen molar-refractivity contribution in [3.05, 3.63) is 17.6 Å². The van der Waals surface area contributed by atoms with Gasteiger partial charge in [0.05, 0.1) is 5.75 Å². The highest BCUT2D eigenvalue weighted by Crippen LogP contribution is 2.10. The first-order valence-corrected chi connectivity index (χ1v) is 5.61. The fourth-order valence-electron chi connectivity index (χ4n) is 1.01. The molecule has 13 heavy (non-hydrogen) atoms. The van der Waals surface area contributed by atoms with Gasteiger partial charge >= 0.3 is 0 Å². The number of aryl methyl sites for hydroxylation is 1. The van der Waals surface area contributed by atoms with Gasteiger partial charge < -0.3 is 5.73 Å². The van der Waals surface area contributed by atoms with E-state index in [0.717, 1.165) is 29.4 Å². The molecule has 0 saturated carbocycles. The van der Waals surface area contributed by atoms with Crippen LogP contribution in [-0.2, 0) is 12.2 Å². The van der Waals surface area contributed by atoms with Crippen LogP contribution in [0, 0.1) is 0 Å². The van der Waals surface area contributed by atoms with Gasteiger partial charge in [0.25, 0.3) is 0 Å². The fraction of sp³-hybridized carbons (Fsp3) is 0.556. The van der Waals surface area contributed by atoms with Crippen molar-refractivity contribution in [3.63, 3.8) is 0 Å². The second kappa shape index (κ2) is 5.07. The van der Waals surface area contributed by atoms with E-state index in [0.29, 0.717) is 5.82 Å². The third-order valence-corrected chi connectivity index (χ3v) is 2.51. The van der Waals surface area contributed by atoms with Crippen LogP contribution in [0.1, 0.15) is 25.4 Å². The highest BCUT2D eigenvalue weighted by atomic mass is 32.2. The summed E-state index contributed by atoms with van der Waals surface area (Å²) in [7, 11) is 0. The summed E-state index contributed by atoms with van der Waals surface area (Å²) in [6, 6.07) is 1.83. The van der Waals surface area contributed by atoms with Crippen LogP contribution in [0.15, 0.2) is 6.07 Å². The van der Waals surface area contributed by atoms with E-state index in [2.05, 4.69) is 23.8 Å². The van der Waals surface area contributed by atoms with Gasteiger partial charge in [-0.05, 0) is 12.2 Å². The minimum Gasteiger partial charge on any atom is -0.384 e. The summed E-state index contributed by atoms with van der Waals surface area (Å²) in [5.74, 6) is 3.37. The van der Waals surface area contributed by atoms with Crippen LogP contribution >= 0.6 is 11.8 Å². The van der Waals surface area contributed by atoms with Crippen molar-refractivity contribution in [3.8, 4) is 0 Å². The van der Waals surface area contributed by atoms with Gasteiger partial charge in [-0.3, -0.25) is 0 Å². The van der Waals surface area contributed by atoms with Gasteiger partial charge in [-0.15, -0.1) is 0 Å². The zero-order valence-electron chi connectivity index (χ0n) is 8.08. The summed E-state index contributed by atoms with van der Waals surface area (Å²) in [5, 5.41) is 0. The van der Waals surface area contributed by atoms with Gasteiger partial charge in [0, 0.05) is 11.8 Å². The Bertz CT molecular complexity index is 276. The second-order valence-electron chi connectivity index (χ2n) is 2.69. The lowest BCUT2D eigenvalue weighted by Gasteiger charge is -2.02. The summed E-state index contributed by atoms with van der Waals surface area (Å²) in [6.07, 6.45) is 0.913. The van der Waals surface area contributed by atoms with Crippen molar-refractivity contribution in [1.82, 2.24) is 9.97 Å². The molecule has 0 amide bonds. The SMILES string of the molecule is CCSCc1nc(N)cc(CC)n1. The first kappa shape index (κ1) is 10.3. The minimum absolute atomic E-state index is 0.582. The average molecular weight is 197 g/mol. The number of hydrogen-bond donors (Lipinski definition) is 1. The second-order valence-corrected chi connectivity index (χ2v) is 3.97. The van der Waals surface area contributed by atoms with E-state index in [4.69, 9.17) is 5.73 Å². The first-order valence-electron chi connectivity index (χ1n) is 4.46. The van der Waals surface area contributed by atoms with Gasteiger partial charge in [-0.2, -0.15) is 11.8 Å². The molecular formula is C9H15N3S. The fourth-order valence-corrected chi connectivity index (χ4v) is 1.53. The number of aromatic nitrogens is 2. The zero-order chi connectivity index (χ0) is 9.68. The van der Waals surface area contributed by atoms with E-state index in [1.807, 2.05) is 17.8 Å². The summed E-state index contributed by atoms with van der Waals surface area (Å²) < 4.78 is 0. The van der Waals surface area contributed by atoms with E-state index >= 15 is 0 Å². The molecule has 3 nitrogen and oxygen atoms in total. The normalized spacial score (nSPS) is 10.3. The van der Waals surface area contributed by atoms with Crippen molar-refractivity contribution in [1.29, 1.82) is 0 Å². The van der Waals surface area contributed by atoms with E-state index in [9.17, 15) is 0 Å². The van der Waals surface area contributed by atoms with Crippen molar-refractivity contribution in [2.75, 3.05) is 11.5 Å². The van der Waals surface area contributed by atoms with Crippen molar-refractivity contribution in [2.45, 2.75) is 26.0 Å². The van der Waals surface area contributed by atoms with Gasteiger partial charge in [0.1, 0.15) is 11.6 Å². The maximum atomic E-state index is 5.65. The maximum absolute atomic E-state index is 5.65. The molecule has 0 aliphatic carbocycles. The highest BCUT2D eigenvalue weighted by Gasteiger charge is 2.00. The van der Waals surface area contributed by atoms with Crippen LogP contribution in [0.5, 0.6) is 0 Å². The van der Waals surface area contributed by atoms with E-state index in [1.165, 1.54) is 0 Å². The molecular weight excluding hydrogens is 182 g/mol. The molecule has 1 aromatic heterocycles. The van der Waals surface area contributed by atoms with Gasteiger partial charge in [-0.25, -0.2) is 9.97 Å². The lowest BCUT2D eigenvalue weighted by Crippen LogP contribution is -2.01. The molecule has 0 fully saturated rings. The monoisotopic (exact) mass is 197 g/mol. The number of nitrogen functional groups attached to an aromatic ring is 1. The minimum atomic E-state index is 0.582. The van der Waals surface area contributed by atoms with E-state index in [-0.39, 0.29) is 0 Å². The quantitative estimate of drug-likeness (QED) is 0.800. The summed E-state index contributed by atoms with van der Waals surface area (Å²) >= 11 is 1.81. The Morgan fingerprint density at radius 1 is 1.38 bits per heavy atom. The topological polar surface area (TPSA) is 51.8 Å². The van der Waals surface area contributed by atoms with Crippen molar-refractivity contribution in [2.24, 2.45) is 0 Å². The third-order valence-electron chi connectivity index (χ3n) is 1.64. The molecule has 0 aromatic carbocycles. The standard InChI is InChI=1S/C9H15N3S/c1-3-7-5-8(10)12-9(11-7)6-13-4-2/h5H,3-4,6H2,1-2H3,(H2,10,11,12). The average Bonchev–Trinajstić information content (AvgIpc) is 2.14. The molecule has 4 heteroatoms. The molecule has 0 aliphatic heterocycles. The molecule has 0 radical (unpaired) electrons. The van der Waals surface area contributed by atoms with Crippen LogP contribution in [0.4, 0.5) is 5.82 Å². The summed E-state index contributed by atoms with van der Waals surface area (Å²) in [5.41, 5.74) is 6.67. The summed E-state index contributed by atoms with van der Waals surface area (Å²) in [4.78, 5) is 8.54. The Morgan fingerprint density at radius 2 is 2.15 bits per heavy atom. The molecule has 0 aliphatic rings. The largest absolute Gasteiger partial charge is 0.384 e. The molecule has 1 aromatic rings. The van der Waals surface area contributed by atoms with Crippen molar-refractivity contribution >= 4 is 17.6 Å². The van der Waals surface area contributed by atoms with Crippen LogP contribution < -0.4 is 5.73 Å². The van der Waals surface area contributed by atoms with E-state index < -0.39 is 0 Å². The van der Waals surface area contributed by atoms with Crippen LogP contribution in [0.25, 0.3) is 0 Å². The predicted octanol–water partition coefficient (Wildman–Crippen LogP) is 1.87. The van der Waals surface area contributed by atoms with Crippen LogP contribution in [0.2, 0.25) is 0 Å². The Hall–Kier alpha value is -0.770. The maximum Gasteiger partial charge on any atom is 0.140 e. The Labute approximate surface area is 83.2 Å². The number of rotatable bonds is 4. The summed E-state index contributed by atoms with van der Waals surface area (Å²) in [6.45, 7) is 4.19. The Balaban J connectivity index is 2.76. The Morgan fingerprint density at radius 3 is 2.77 bits per heavy atom. The first-order chi connectivity index (χ1) is 6.26. The number of thioether (sulfide) groups is 1. The molecule has 2 N–H and O–H groups in total. The molecule has 1 heterocycles. The van der Waals surface area contributed by atoms with Gasteiger partial charge in [-0.1, -0.05) is 13.8 Å². The zero-order valence-corrected chi connectivity index (χ0v) is 8.90. The number of hydrogen-bond acceptors (Lipinski definition) is 4. The number of nitrogens with two attached hydrogens (primary N) is 1. The number of anilines is 1. The van der Waals surface area contributed by atoms with Crippen LogP contribution in [0.3, 0.4) is 0 Å². The molecule has 0 spiro atoms.